The Morgan fingerprint density at radius 1 is 0.970 bits per heavy atom. The van der Waals surface area contributed by atoms with Crippen molar-refractivity contribution >= 4 is 5.91 Å². The Morgan fingerprint density at radius 3 is 2.33 bits per heavy atom. The van der Waals surface area contributed by atoms with E-state index in [1.165, 1.54) is 23.3 Å². The number of hydrogen-bond acceptors (Lipinski definition) is 4. The lowest BCUT2D eigenvalue weighted by Gasteiger charge is -2.34. The predicted molar refractivity (Wildman–Crippen MR) is 112 cm³/mol. The van der Waals surface area contributed by atoms with Gasteiger partial charge in [0.1, 0.15) is 12.4 Å². The van der Waals surface area contributed by atoms with Crippen LogP contribution < -0.4 is 4.74 Å². The van der Waals surface area contributed by atoms with Gasteiger partial charge in [-0.3, -0.25) is 9.69 Å². The molecule has 1 aromatic heterocycles. The quantitative estimate of drug-likeness (QED) is 0.394. The lowest BCUT2D eigenvalue weighted by atomic mass is 10.1. The summed E-state index contributed by atoms with van der Waals surface area (Å²) < 4.78 is 64.3. The molecule has 2 aromatic carbocycles. The molecular weight excluding hydrogens is 440 g/mol. The van der Waals surface area contributed by atoms with Gasteiger partial charge < -0.3 is 14.1 Å². The lowest BCUT2D eigenvalue weighted by molar-refractivity contribution is 0.0594. The summed E-state index contributed by atoms with van der Waals surface area (Å²) in [6.07, 6.45) is 0. The Morgan fingerprint density at radius 2 is 1.67 bits per heavy atom. The number of amides is 1. The first-order chi connectivity index (χ1) is 15.8. The number of carbonyl (C=O) groups excluding carboxylic acids is 1. The van der Waals surface area contributed by atoms with Crippen LogP contribution in [0.3, 0.4) is 0 Å². The van der Waals surface area contributed by atoms with Gasteiger partial charge in [-0.2, -0.15) is 8.78 Å². The van der Waals surface area contributed by atoms with Gasteiger partial charge in [0.2, 0.25) is 11.6 Å². The number of furan rings is 1. The van der Waals surface area contributed by atoms with E-state index < -0.39 is 35.6 Å². The fraction of sp³-hybridized carbons (Fsp3) is 0.292. The zero-order valence-corrected chi connectivity index (χ0v) is 17.9. The number of piperazine rings is 1. The van der Waals surface area contributed by atoms with Crippen LogP contribution in [0, 0.1) is 30.2 Å². The number of benzene rings is 2. The van der Waals surface area contributed by atoms with Crippen LogP contribution in [0.15, 0.2) is 46.9 Å². The Kier molecular flexibility index (Phi) is 6.69. The van der Waals surface area contributed by atoms with Gasteiger partial charge >= 0.3 is 0 Å². The molecule has 4 rings (SSSR count). The third-order valence-electron chi connectivity index (χ3n) is 5.45. The number of aryl methyl sites for hydroxylation is 1. The summed E-state index contributed by atoms with van der Waals surface area (Å²) in [7, 11) is 0. The molecule has 0 radical (unpaired) electrons. The molecule has 0 spiro atoms. The van der Waals surface area contributed by atoms with Gasteiger partial charge in [-0.05, 0) is 24.6 Å². The van der Waals surface area contributed by atoms with Crippen molar-refractivity contribution in [3.8, 4) is 5.75 Å². The minimum absolute atomic E-state index is 0.0482. The molecule has 1 fully saturated rings. The maximum absolute atomic E-state index is 13.7. The van der Waals surface area contributed by atoms with E-state index in [1.807, 2.05) is 19.1 Å². The molecule has 0 N–H and O–H groups in total. The zero-order valence-electron chi connectivity index (χ0n) is 17.9. The highest BCUT2D eigenvalue weighted by Gasteiger charge is 2.25. The van der Waals surface area contributed by atoms with E-state index in [0.29, 0.717) is 26.2 Å². The Bertz CT molecular complexity index is 1130. The normalized spacial score (nSPS) is 14.5. The van der Waals surface area contributed by atoms with Crippen LogP contribution >= 0.6 is 0 Å². The maximum atomic E-state index is 13.7. The molecule has 2 heterocycles. The summed E-state index contributed by atoms with van der Waals surface area (Å²) in [5.41, 5.74) is 2.42. The summed E-state index contributed by atoms with van der Waals surface area (Å²) >= 11 is 0. The van der Waals surface area contributed by atoms with Crippen LogP contribution in [0.2, 0.25) is 0 Å². The smallest absolute Gasteiger partial charge is 0.289 e. The van der Waals surface area contributed by atoms with E-state index >= 15 is 0 Å². The van der Waals surface area contributed by atoms with Crippen LogP contribution in [0.25, 0.3) is 0 Å². The second-order valence-corrected chi connectivity index (χ2v) is 7.91. The number of ether oxygens (including phenoxy) is 1. The maximum Gasteiger partial charge on any atom is 0.289 e. The number of nitrogens with zero attached hydrogens (tertiary/aromatic N) is 2. The van der Waals surface area contributed by atoms with E-state index in [2.05, 4.69) is 17.0 Å². The Balaban J connectivity index is 1.32. The van der Waals surface area contributed by atoms with Crippen molar-refractivity contribution in [3.05, 3.63) is 88.4 Å². The van der Waals surface area contributed by atoms with Crippen molar-refractivity contribution in [2.24, 2.45) is 0 Å². The number of hydrogen-bond donors (Lipinski definition) is 0. The van der Waals surface area contributed by atoms with Gasteiger partial charge in [0.25, 0.3) is 5.91 Å². The molecule has 1 aliphatic heterocycles. The summed E-state index contributed by atoms with van der Waals surface area (Å²) in [6, 6.07) is 11.2. The third kappa shape index (κ3) is 5.19. The fourth-order valence-corrected chi connectivity index (χ4v) is 3.73. The van der Waals surface area contributed by atoms with Crippen molar-refractivity contribution in [1.82, 2.24) is 9.80 Å². The molecule has 5 nitrogen and oxygen atoms in total. The van der Waals surface area contributed by atoms with Gasteiger partial charge in [0, 0.05) is 38.8 Å². The molecule has 0 saturated carbocycles. The van der Waals surface area contributed by atoms with E-state index in [1.54, 1.807) is 4.90 Å². The minimum atomic E-state index is -1.64. The standard InChI is InChI=1S/C24H22F4N2O3/c1-15-3-2-4-16(11-15)13-29-7-9-30(10-8-29)24(31)20-6-5-17(33-20)14-32-23-21(27)18(25)12-19(26)22(23)28/h2-6,11-12H,7-10,13-14H2,1H3. The Hall–Kier alpha value is -3.33. The average molecular weight is 462 g/mol. The first kappa shape index (κ1) is 22.8. The molecule has 174 valence electrons. The summed E-state index contributed by atoms with van der Waals surface area (Å²) in [5.74, 6) is -7.78. The second-order valence-electron chi connectivity index (χ2n) is 7.91. The van der Waals surface area contributed by atoms with E-state index in [4.69, 9.17) is 9.15 Å². The van der Waals surface area contributed by atoms with E-state index in [-0.39, 0.29) is 23.5 Å². The highest BCUT2D eigenvalue weighted by Crippen LogP contribution is 2.27. The first-order valence-corrected chi connectivity index (χ1v) is 10.4. The lowest BCUT2D eigenvalue weighted by Crippen LogP contribution is -2.48. The topological polar surface area (TPSA) is 45.9 Å². The molecule has 33 heavy (non-hydrogen) atoms. The Labute approximate surface area is 188 Å². The summed E-state index contributed by atoms with van der Waals surface area (Å²) in [4.78, 5) is 16.7. The van der Waals surface area contributed by atoms with E-state index in [0.717, 1.165) is 6.54 Å². The largest absolute Gasteiger partial charge is 0.479 e. The third-order valence-corrected chi connectivity index (χ3v) is 5.45. The molecule has 0 unspecified atom stereocenters. The molecular formula is C24H22F4N2O3. The molecule has 0 aliphatic carbocycles. The molecule has 0 bridgehead atoms. The van der Waals surface area contributed by atoms with Gasteiger partial charge in [0.15, 0.2) is 23.1 Å². The minimum Gasteiger partial charge on any atom is -0.479 e. The molecule has 3 aromatic rings. The van der Waals surface area contributed by atoms with Crippen molar-refractivity contribution in [2.45, 2.75) is 20.1 Å². The van der Waals surface area contributed by atoms with Crippen molar-refractivity contribution in [2.75, 3.05) is 26.2 Å². The van der Waals surface area contributed by atoms with Gasteiger partial charge in [-0.25, -0.2) is 8.78 Å². The van der Waals surface area contributed by atoms with Gasteiger partial charge in [-0.1, -0.05) is 29.8 Å². The van der Waals surface area contributed by atoms with Crippen molar-refractivity contribution in [3.63, 3.8) is 0 Å². The van der Waals surface area contributed by atoms with Crippen LogP contribution in [-0.2, 0) is 13.2 Å². The monoisotopic (exact) mass is 462 g/mol. The zero-order chi connectivity index (χ0) is 23.5. The number of carbonyl (C=O) groups is 1. The van der Waals surface area contributed by atoms with E-state index in [9.17, 15) is 22.4 Å². The highest BCUT2D eigenvalue weighted by atomic mass is 19.2. The second kappa shape index (κ2) is 9.66. The van der Waals surface area contributed by atoms with Crippen LogP contribution in [-0.4, -0.2) is 41.9 Å². The van der Waals surface area contributed by atoms with Crippen LogP contribution in [0.4, 0.5) is 17.6 Å². The van der Waals surface area contributed by atoms with Crippen molar-refractivity contribution in [1.29, 1.82) is 0 Å². The molecule has 1 aliphatic rings. The SMILES string of the molecule is Cc1cccc(CN2CCN(C(=O)c3ccc(COc4c(F)c(F)cc(F)c4F)o3)CC2)c1. The molecule has 1 amide bonds. The fourth-order valence-electron chi connectivity index (χ4n) is 3.73. The van der Waals surface area contributed by atoms with Crippen molar-refractivity contribution < 1.29 is 31.5 Å². The van der Waals surface area contributed by atoms with Gasteiger partial charge in [-0.15, -0.1) is 0 Å². The van der Waals surface area contributed by atoms with Crippen LogP contribution in [0.1, 0.15) is 27.4 Å². The molecule has 1 saturated heterocycles. The summed E-state index contributed by atoms with van der Waals surface area (Å²) in [5, 5.41) is 0. The first-order valence-electron chi connectivity index (χ1n) is 10.4. The predicted octanol–water partition coefficient (Wildman–Crippen LogP) is 4.68. The van der Waals surface area contributed by atoms with Crippen LogP contribution in [0.5, 0.6) is 5.75 Å². The van der Waals surface area contributed by atoms with Gasteiger partial charge in [0.05, 0.1) is 0 Å². The number of rotatable bonds is 6. The summed E-state index contributed by atoms with van der Waals surface area (Å²) in [6.45, 7) is 4.81. The molecule has 0 atom stereocenters. The molecule has 9 heteroatoms. The average Bonchev–Trinajstić information content (AvgIpc) is 3.27. The number of halogens is 4. The highest BCUT2D eigenvalue weighted by molar-refractivity contribution is 5.91.